The molecule has 1 aliphatic carbocycles. The highest BCUT2D eigenvalue weighted by Crippen LogP contribution is 2.27. The van der Waals surface area contributed by atoms with Gasteiger partial charge in [-0.15, -0.1) is 5.10 Å². The van der Waals surface area contributed by atoms with E-state index in [9.17, 15) is 9.90 Å². The zero-order valence-corrected chi connectivity index (χ0v) is 17.2. The number of carbonyl (C=O) groups excluding carboxylic acids is 1. The normalized spacial score (nSPS) is 18.9. The molecule has 0 radical (unpaired) electrons. The van der Waals surface area contributed by atoms with Crippen LogP contribution in [0.25, 0.3) is 22.4 Å². The number of primary amides is 1. The van der Waals surface area contributed by atoms with Crippen molar-refractivity contribution >= 4 is 28.1 Å². The number of anilines is 1. The first-order chi connectivity index (χ1) is 14.9. The Balaban J connectivity index is 1.57. The number of fused-ring (bicyclic) bond motifs is 2. The lowest BCUT2D eigenvalue weighted by molar-refractivity contribution is 0.100. The summed E-state index contributed by atoms with van der Waals surface area (Å²) in [6.45, 7) is 2.54. The molecule has 9 nitrogen and oxygen atoms in total. The lowest BCUT2D eigenvalue weighted by Crippen LogP contribution is -2.27. The maximum absolute atomic E-state index is 11.8. The average Bonchev–Trinajstić information content (AvgIpc) is 3.42. The highest BCUT2D eigenvalue weighted by atomic mass is 16.3. The van der Waals surface area contributed by atoms with E-state index in [1.54, 1.807) is 16.6 Å². The minimum atomic E-state index is -0.477. The SMILES string of the molecule is Cc1cc2c(C(N)=O)cccc2n1-c1nc(N)c2ccc(CNC3CCC(O)C3)n2n1. The second-order valence-corrected chi connectivity index (χ2v) is 8.19. The minimum absolute atomic E-state index is 0.221. The number of aromatic nitrogens is 4. The van der Waals surface area contributed by atoms with Gasteiger partial charge in [-0.2, -0.15) is 4.98 Å². The highest BCUT2D eigenvalue weighted by Gasteiger charge is 2.23. The predicted octanol–water partition coefficient (Wildman–Crippen LogP) is 1.67. The van der Waals surface area contributed by atoms with Crippen molar-refractivity contribution in [1.29, 1.82) is 0 Å². The fraction of sp³-hybridized carbons (Fsp3) is 0.318. The lowest BCUT2D eigenvalue weighted by Gasteiger charge is -2.13. The number of nitrogens with one attached hydrogen (secondary N) is 1. The molecule has 2 unspecified atom stereocenters. The Labute approximate surface area is 178 Å². The molecule has 0 spiro atoms. The summed E-state index contributed by atoms with van der Waals surface area (Å²) in [7, 11) is 0. The number of nitrogen functional groups attached to an aromatic ring is 1. The van der Waals surface area contributed by atoms with E-state index in [4.69, 9.17) is 16.6 Å². The molecular weight excluding hydrogens is 394 g/mol. The van der Waals surface area contributed by atoms with Gasteiger partial charge in [-0.1, -0.05) is 6.07 Å². The van der Waals surface area contributed by atoms with Gasteiger partial charge in [0.15, 0.2) is 5.82 Å². The number of aliphatic hydroxyl groups is 1. The number of nitrogens with zero attached hydrogens (tertiary/aromatic N) is 4. The summed E-state index contributed by atoms with van der Waals surface area (Å²) in [6.07, 6.45) is 2.34. The Bertz CT molecular complexity index is 1310. The van der Waals surface area contributed by atoms with E-state index in [0.29, 0.717) is 29.9 Å². The molecule has 1 aromatic carbocycles. The first-order valence-electron chi connectivity index (χ1n) is 10.4. The summed E-state index contributed by atoms with van der Waals surface area (Å²) in [4.78, 5) is 16.4. The van der Waals surface area contributed by atoms with Gasteiger partial charge in [0.1, 0.15) is 5.52 Å². The van der Waals surface area contributed by atoms with Gasteiger partial charge in [0.25, 0.3) is 5.95 Å². The number of hydrogen-bond donors (Lipinski definition) is 4. The van der Waals surface area contributed by atoms with E-state index >= 15 is 0 Å². The maximum atomic E-state index is 11.8. The molecule has 2 atom stereocenters. The largest absolute Gasteiger partial charge is 0.393 e. The average molecular weight is 419 g/mol. The van der Waals surface area contributed by atoms with E-state index in [2.05, 4.69) is 10.3 Å². The summed E-state index contributed by atoms with van der Waals surface area (Å²) in [5.41, 5.74) is 15.6. The fourth-order valence-electron chi connectivity index (χ4n) is 4.52. The van der Waals surface area contributed by atoms with Crippen LogP contribution in [-0.2, 0) is 6.54 Å². The third-order valence-corrected chi connectivity index (χ3v) is 6.08. The summed E-state index contributed by atoms with van der Waals surface area (Å²) in [5.74, 6) is 0.321. The summed E-state index contributed by atoms with van der Waals surface area (Å²) in [5, 5.41) is 18.8. The zero-order valence-electron chi connectivity index (χ0n) is 17.2. The number of carbonyl (C=O) groups is 1. The number of nitrogens with two attached hydrogens (primary N) is 2. The Kier molecular flexibility index (Phi) is 4.64. The van der Waals surface area contributed by atoms with Crippen molar-refractivity contribution in [2.24, 2.45) is 5.73 Å². The van der Waals surface area contributed by atoms with Gasteiger partial charge in [0.05, 0.1) is 17.3 Å². The van der Waals surface area contributed by atoms with E-state index in [1.807, 2.05) is 35.8 Å². The summed E-state index contributed by atoms with van der Waals surface area (Å²) in [6, 6.07) is 11.5. The van der Waals surface area contributed by atoms with E-state index in [-0.39, 0.29) is 6.10 Å². The number of aliphatic hydroxyl groups excluding tert-OH is 1. The molecule has 4 aromatic rings. The molecule has 3 heterocycles. The maximum Gasteiger partial charge on any atom is 0.254 e. The zero-order chi connectivity index (χ0) is 21.7. The van der Waals surface area contributed by atoms with Gasteiger partial charge < -0.3 is 21.9 Å². The fourth-order valence-corrected chi connectivity index (χ4v) is 4.52. The van der Waals surface area contributed by atoms with Crippen molar-refractivity contribution in [1.82, 2.24) is 24.5 Å². The third kappa shape index (κ3) is 3.31. The molecule has 1 aliphatic rings. The van der Waals surface area contributed by atoms with Crippen LogP contribution in [-0.4, -0.2) is 42.3 Å². The second-order valence-electron chi connectivity index (χ2n) is 8.19. The Morgan fingerprint density at radius 2 is 2.10 bits per heavy atom. The van der Waals surface area contributed by atoms with Crippen molar-refractivity contribution in [2.75, 3.05) is 5.73 Å². The van der Waals surface area contributed by atoms with Crippen LogP contribution in [0, 0.1) is 6.92 Å². The van der Waals surface area contributed by atoms with Gasteiger partial charge in [-0.3, -0.25) is 9.36 Å². The molecular formula is C22H25N7O2. The van der Waals surface area contributed by atoms with Gasteiger partial charge in [-0.05, 0) is 56.5 Å². The van der Waals surface area contributed by atoms with Crippen LogP contribution < -0.4 is 16.8 Å². The molecule has 160 valence electrons. The van der Waals surface area contributed by atoms with Crippen molar-refractivity contribution in [3.8, 4) is 5.95 Å². The number of rotatable bonds is 5. The van der Waals surface area contributed by atoms with E-state index in [1.165, 1.54) is 0 Å². The van der Waals surface area contributed by atoms with Crippen molar-refractivity contribution in [3.05, 3.63) is 53.3 Å². The van der Waals surface area contributed by atoms with E-state index in [0.717, 1.165) is 47.1 Å². The standard InChI is InChI=1S/C22H25N7O2/c1-12-9-17-16(21(24)31)3-2-4-18(17)28(12)22-26-20(23)19-8-6-14(29(19)27-22)11-25-13-5-7-15(30)10-13/h2-4,6,8-9,13,15,25,30H,5,7,10-11H2,1H3,(H2,24,31)(H2,23,26,27). The topological polar surface area (TPSA) is 136 Å². The molecule has 0 bridgehead atoms. The van der Waals surface area contributed by atoms with Crippen LogP contribution >= 0.6 is 0 Å². The van der Waals surface area contributed by atoms with Gasteiger partial charge in [0, 0.05) is 29.2 Å². The van der Waals surface area contributed by atoms with Crippen LogP contribution in [0.4, 0.5) is 5.82 Å². The van der Waals surface area contributed by atoms with Crippen molar-refractivity contribution < 1.29 is 9.90 Å². The van der Waals surface area contributed by atoms with E-state index < -0.39 is 5.91 Å². The predicted molar refractivity (Wildman–Crippen MR) is 118 cm³/mol. The van der Waals surface area contributed by atoms with Crippen LogP contribution in [0.2, 0.25) is 0 Å². The molecule has 5 rings (SSSR count). The number of benzene rings is 1. The van der Waals surface area contributed by atoms with Crippen LogP contribution in [0.15, 0.2) is 36.4 Å². The minimum Gasteiger partial charge on any atom is -0.393 e. The molecule has 0 saturated heterocycles. The Morgan fingerprint density at radius 1 is 1.26 bits per heavy atom. The van der Waals surface area contributed by atoms with Crippen LogP contribution in [0.3, 0.4) is 0 Å². The molecule has 1 amide bonds. The molecule has 6 N–H and O–H groups in total. The quantitative estimate of drug-likeness (QED) is 0.388. The summed E-state index contributed by atoms with van der Waals surface area (Å²) < 4.78 is 3.68. The number of aryl methyl sites for hydroxylation is 1. The second kappa shape index (κ2) is 7.36. The number of hydrogen-bond acceptors (Lipinski definition) is 6. The van der Waals surface area contributed by atoms with Crippen molar-refractivity contribution in [3.63, 3.8) is 0 Å². The Hall–Kier alpha value is -3.43. The van der Waals surface area contributed by atoms with Gasteiger partial charge in [-0.25, -0.2) is 4.52 Å². The highest BCUT2D eigenvalue weighted by molar-refractivity contribution is 6.06. The molecule has 31 heavy (non-hydrogen) atoms. The molecule has 0 aliphatic heterocycles. The first kappa shape index (κ1) is 19.5. The lowest BCUT2D eigenvalue weighted by atomic mass is 10.1. The molecule has 3 aromatic heterocycles. The number of amides is 1. The first-order valence-corrected chi connectivity index (χ1v) is 10.4. The summed E-state index contributed by atoms with van der Waals surface area (Å²) >= 11 is 0. The van der Waals surface area contributed by atoms with Gasteiger partial charge in [0.2, 0.25) is 5.91 Å². The van der Waals surface area contributed by atoms with Crippen molar-refractivity contribution in [2.45, 2.75) is 44.9 Å². The molecule has 1 fully saturated rings. The van der Waals surface area contributed by atoms with Gasteiger partial charge >= 0.3 is 0 Å². The van der Waals surface area contributed by atoms with Crippen LogP contribution in [0.1, 0.15) is 41.0 Å². The molecule has 9 heteroatoms. The third-order valence-electron chi connectivity index (χ3n) is 6.08. The monoisotopic (exact) mass is 419 g/mol. The Morgan fingerprint density at radius 3 is 2.84 bits per heavy atom. The smallest absolute Gasteiger partial charge is 0.254 e. The molecule has 1 saturated carbocycles. The van der Waals surface area contributed by atoms with Crippen LogP contribution in [0.5, 0.6) is 0 Å².